The van der Waals surface area contributed by atoms with E-state index in [0.29, 0.717) is 28.4 Å². The molecule has 4 aromatic carbocycles. The summed E-state index contributed by atoms with van der Waals surface area (Å²) in [4.78, 5) is 12.9. The molecule has 3 N–H and O–H groups in total. The summed E-state index contributed by atoms with van der Waals surface area (Å²) in [5.74, 6) is -0.948. The Morgan fingerprint density at radius 3 is 1.93 bits per heavy atom. The predicted molar refractivity (Wildman–Crippen MR) is 146 cm³/mol. The van der Waals surface area contributed by atoms with E-state index in [0.717, 1.165) is 23.3 Å². The average Bonchev–Trinajstić information content (AvgIpc) is 2.96. The Morgan fingerprint density at radius 1 is 0.825 bits per heavy atom. The molecule has 0 aliphatic carbocycles. The third-order valence-electron chi connectivity index (χ3n) is 6.27. The van der Waals surface area contributed by atoms with Crippen molar-refractivity contribution in [3.63, 3.8) is 0 Å². The number of hydrogen-bond acceptors (Lipinski definition) is 5. The number of amides is 1. The zero-order valence-electron chi connectivity index (χ0n) is 21.3. The fraction of sp³-hybridized carbons (Fsp3) is 0.129. The zero-order valence-corrected chi connectivity index (χ0v) is 21.3. The van der Waals surface area contributed by atoms with E-state index < -0.39 is 28.8 Å². The van der Waals surface area contributed by atoms with E-state index in [-0.39, 0.29) is 12.2 Å². The summed E-state index contributed by atoms with van der Waals surface area (Å²) in [5.41, 5.74) is -0.130. The second-order valence-electron chi connectivity index (χ2n) is 9.21. The summed E-state index contributed by atoms with van der Waals surface area (Å²) in [6.07, 6.45) is -4.80. The van der Waals surface area contributed by atoms with Crippen LogP contribution in [0.1, 0.15) is 23.6 Å². The number of rotatable bonds is 7. The van der Waals surface area contributed by atoms with Crippen LogP contribution in [0.15, 0.2) is 91.0 Å². The molecule has 4 aromatic rings. The molecule has 200 valence electrons. The van der Waals surface area contributed by atoms with Gasteiger partial charge in [0.05, 0.1) is 35.4 Å². The van der Waals surface area contributed by atoms with Crippen molar-refractivity contribution < 1.29 is 23.1 Å². The number of nitriles is 2. The largest absolute Gasteiger partial charge is 0.417 e. The number of anilines is 2. The summed E-state index contributed by atoms with van der Waals surface area (Å²) in [6, 6.07) is 28.4. The summed E-state index contributed by atoms with van der Waals surface area (Å²) in [7, 11) is 0. The second kappa shape index (κ2) is 11.3. The minimum atomic E-state index is -4.80. The van der Waals surface area contributed by atoms with Gasteiger partial charge in [-0.2, -0.15) is 23.7 Å². The van der Waals surface area contributed by atoms with Crippen molar-refractivity contribution in [2.24, 2.45) is 0 Å². The fourth-order valence-electron chi connectivity index (χ4n) is 4.22. The molecule has 1 atom stereocenters. The van der Waals surface area contributed by atoms with Crippen LogP contribution in [0.25, 0.3) is 22.3 Å². The SMILES string of the molecule is C[C@](O)(CNc1ccc(C#N)c(-c2ccccc2)c1-c1ccccc1)C(=O)Nc1ccc(C#N)c(C(F)(F)F)c1. The number of nitrogens with one attached hydrogen (secondary N) is 2. The quantitative estimate of drug-likeness (QED) is 0.245. The molecule has 0 saturated carbocycles. The molecule has 0 fully saturated rings. The van der Waals surface area contributed by atoms with Crippen molar-refractivity contribution in [3.8, 4) is 34.4 Å². The lowest BCUT2D eigenvalue weighted by Crippen LogP contribution is -2.45. The first-order chi connectivity index (χ1) is 19.0. The normalized spacial score (nSPS) is 12.5. The highest BCUT2D eigenvalue weighted by Crippen LogP contribution is 2.40. The lowest BCUT2D eigenvalue weighted by molar-refractivity contribution is -0.137. The highest BCUT2D eigenvalue weighted by atomic mass is 19.4. The van der Waals surface area contributed by atoms with Crippen molar-refractivity contribution in [2.75, 3.05) is 17.2 Å². The fourth-order valence-corrected chi connectivity index (χ4v) is 4.22. The predicted octanol–water partition coefficient (Wildman–Crippen LogP) is 6.58. The molecule has 0 saturated heterocycles. The summed E-state index contributed by atoms with van der Waals surface area (Å²) in [5, 5.41) is 35.2. The third-order valence-corrected chi connectivity index (χ3v) is 6.27. The van der Waals surface area contributed by atoms with Gasteiger partial charge < -0.3 is 15.7 Å². The minimum absolute atomic E-state index is 0.216. The van der Waals surface area contributed by atoms with Crippen LogP contribution in [0.4, 0.5) is 24.5 Å². The zero-order chi connectivity index (χ0) is 28.9. The topological polar surface area (TPSA) is 109 Å². The first-order valence-electron chi connectivity index (χ1n) is 12.1. The highest BCUT2D eigenvalue weighted by Gasteiger charge is 2.35. The van der Waals surface area contributed by atoms with Gasteiger partial charge in [0.25, 0.3) is 5.91 Å². The molecule has 6 nitrogen and oxygen atoms in total. The van der Waals surface area contributed by atoms with E-state index in [1.54, 1.807) is 12.1 Å². The number of hydrogen-bond donors (Lipinski definition) is 3. The van der Waals surface area contributed by atoms with E-state index in [1.165, 1.54) is 13.0 Å². The number of benzene rings is 4. The van der Waals surface area contributed by atoms with Crippen LogP contribution in [0.5, 0.6) is 0 Å². The van der Waals surface area contributed by atoms with E-state index in [2.05, 4.69) is 16.7 Å². The molecule has 0 aliphatic rings. The van der Waals surface area contributed by atoms with Crippen LogP contribution >= 0.6 is 0 Å². The molecule has 0 heterocycles. The van der Waals surface area contributed by atoms with Crippen LogP contribution < -0.4 is 10.6 Å². The molecule has 0 aromatic heterocycles. The van der Waals surface area contributed by atoms with Gasteiger partial charge in [0, 0.05) is 22.5 Å². The first kappa shape index (κ1) is 27.9. The number of carbonyl (C=O) groups excluding carboxylic acids is 1. The minimum Gasteiger partial charge on any atom is -0.381 e. The Bertz CT molecular complexity index is 1620. The molecule has 4 rings (SSSR count). The summed E-state index contributed by atoms with van der Waals surface area (Å²) in [6.45, 7) is 0.925. The van der Waals surface area contributed by atoms with Crippen molar-refractivity contribution in [3.05, 3.63) is 108 Å². The molecule has 0 aliphatic heterocycles. The third kappa shape index (κ3) is 5.96. The molecular weight excluding hydrogens is 517 g/mol. The number of halogens is 3. The van der Waals surface area contributed by atoms with Gasteiger partial charge in [-0.05, 0) is 48.4 Å². The average molecular weight is 541 g/mol. The molecule has 0 spiro atoms. The van der Waals surface area contributed by atoms with Gasteiger partial charge in [-0.25, -0.2) is 0 Å². The Morgan fingerprint density at radius 2 is 1.38 bits per heavy atom. The van der Waals surface area contributed by atoms with E-state index in [4.69, 9.17) is 5.26 Å². The Kier molecular flexibility index (Phi) is 7.90. The number of nitrogens with zero attached hydrogens (tertiary/aromatic N) is 2. The maximum absolute atomic E-state index is 13.3. The molecule has 0 radical (unpaired) electrons. The van der Waals surface area contributed by atoms with Gasteiger partial charge in [-0.15, -0.1) is 0 Å². The molecule has 0 bridgehead atoms. The first-order valence-corrected chi connectivity index (χ1v) is 12.1. The van der Waals surface area contributed by atoms with Crippen molar-refractivity contribution in [2.45, 2.75) is 18.7 Å². The van der Waals surface area contributed by atoms with Gasteiger partial charge >= 0.3 is 6.18 Å². The van der Waals surface area contributed by atoms with Gasteiger partial charge in [0.15, 0.2) is 5.60 Å². The smallest absolute Gasteiger partial charge is 0.381 e. The maximum Gasteiger partial charge on any atom is 0.417 e. The van der Waals surface area contributed by atoms with E-state index in [9.17, 15) is 28.3 Å². The Labute approximate surface area is 228 Å². The summed E-state index contributed by atoms with van der Waals surface area (Å²) < 4.78 is 40.0. The molecule has 1 amide bonds. The van der Waals surface area contributed by atoms with Crippen molar-refractivity contribution in [1.29, 1.82) is 10.5 Å². The van der Waals surface area contributed by atoms with E-state index in [1.807, 2.05) is 60.7 Å². The second-order valence-corrected chi connectivity index (χ2v) is 9.21. The van der Waals surface area contributed by atoms with Crippen LogP contribution in [-0.4, -0.2) is 23.2 Å². The van der Waals surface area contributed by atoms with Gasteiger partial charge in [0.2, 0.25) is 0 Å². The van der Waals surface area contributed by atoms with Gasteiger partial charge in [-0.3, -0.25) is 4.79 Å². The van der Waals surface area contributed by atoms with E-state index >= 15 is 0 Å². The van der Waals surface area contributed by atoms with Gasteiger partial charge in [0.1, 0.15) is 0 Å². The molecule has 0 unspecified atom stereocenters. The van der Waals surface area contributed by atoms with Crippen molar-refractivity contribution in [1.82, 2.24) is 0 Å². The molecular formula is C31H23F3N4O2. The monoisotopic (exact) mass is 540 g/mol. The van der Waals surface area contributed by atoms with Crippen LogP contribution in [0, 0.1) is 22.7 Å². The Hall–Kier alpha value is -5.12. The van der Waals surface area contributed by atoms with Gasteiger partial charge in [-0.1, -0.05) is 60.7 Å². The highest BCUT2D eigenvalue weighted by molar-refractivity contribution is 5.98. The number of carbonyl (C=O) groups is 1. The lowest BCUT2D eigenvalue weighted by atomic mass is 9.89. The standard InChI is InChI=1S/C31H23F3N4O2/c1-30(40,29(39)38-24-14-12-22(17-35)25(16-24)31(32,33)34)19-37-26-15-13-23(18-36)27(20-8-4-2-5-9-20)28(26)21-10-6-3-7-11-21/h2-16,37,40H,19H2,1H3,(H,38,39)/t30-/m0/s1. The molecule has 40 heavy (non-hydrogen) atoms. The van der Waals surface area contributed by atoms with Crippen LogP contribution in [0.2, 0.25) is 0 Å². The lowest BCUT2D eigenvalue weighted by Gasteiger charge is -2.25. The number of alkyl halides is 3. The van der Waals surface area contributed by atoms with Crippen molar-refractivity contribution >= 4 is 17.3 Å². The Balaban J connectivity index is 1.66. The van der Waals surface area contributed by atoms with Crippen LogP contribution in [0.3, 0.4) is 0 Å². The van der Waals surface area contributed by atoms with Crippen LogP contribution in [-0.2, 0) is 11.0 Å². The summed E-state index contributed by atoms with van der Waals surface area (Å²) >= 11 is 0. The maximum atomic E-state index is 13.3. The molecule has 9 heteroatoms. The number of aliphatic hydroxyl groups is 1.